The largest absolute Gasteiger partial charge is 0.398 e. The van der Waals surface area contributed by atoms with Gasteiger partial charge in [0.05, 0.1) is 5.69 Å². The van der Waals surface area contributed by atoms with Crippen molar-refractivity contribution in [1.82, 2.24) is 4.31 Å². The van der Waals surface area contributed by atoms with Crippen molar-refractivity contribution in [2.24, 2.45) is 5.92 Å². The summed E-state index contributed by atoms with van der Waals surface area (Å²) >= 11 is 0. The maximum absolute atomic E-state index is 13.1. The van der Waals surface area contributed by atoms with Gasteiger partial charge in [-0.15, -0.1) is 0 Å². The minimum absolute atomic E-state index is 0.0147. The third kappa shape index (κ3) is 2.81. The Morgan fingerprint density at radius 3 is 2.55 bits per heavy atom. The third-order valence-corrected chi connectivity index (χ3v) is 6.12. The highest BCUT2D eigenvalue weighted by Crippen LogP contribution is 2.32. The van der Waals surface area contributed by atoms with Crippen LogP contribution >= 0.6 is 0 Å². The zero-order valence-corrected chi connectivity index (χ0v) is 12.7. The SMILES string of the molecule is CC1CCCCC1N(C)S(=O)(=O)c1ccc(F)cc1N. The molecule has 112 valence electrons. The first kappa shape index (κ1) is 15.3. The monoisotopic (exact) mass is 300 g/mol. The number of nitrogens with zero attached hydrogens (tertiary/aromatic N) is 1. The van der Waals surface area contributed by atoms with Gasteiger partial charge in [0.1, 0.15) is 10.7 Å². The molecule has 0 bridgehead atoms. The van der Waals surface area contributed by atoms with Crippen LogP contribution in [0.2, 0.25) is 0 Å². The molecule has 6 heteroatoms. The van der Waals surface area contributed by atoms with Crippen LogP contribution in [0.4, 0.5) is 10.1 Å². The quantitative estimate of drug-likeness (QED) is 0.873. The predicted molar refractivity (Wildman–Crippen MR) is 77.2 cm³/mol. The molecule has 1 aliphatic carbocycles. The average Bonchev–Trinajstić information content (AvgIpc) is 2.38. The summed E-state index contributed by atoms with van der Waals surface area (Å²) < 4.78 is 39.7. The third-order valence-electron chi connectivity index (χ3n) is 4.16. The first-order valence-electron chi connectivity index (χ1n) is 6.87. The fourth-order valence-corrected chi connectivity index (χ4v) is 4.50. The van der Waals surface area contributed by atoms with Gasteiger partial charge in [0, 0.05) is 13.1 Å². The standard InChI is InChI=1S/C14H21FN2O2S/c1-10-5-3-4-6-13(10)17(2)20(18,19)14-8-7-11(15)9-12(14)16/h7-10,13H,3-6,16H2,1-2H3. The summed E-state index contributed by atoms with van der Waals surface area (Å²) in [5.74, 6) is -0.208. The number of anilines is 1. The number of nitrogens with two attached hydrogens (primary N) is 1. The Morgan fingerprint density at radius 2 is 1.95 bits per heavy atom. The maximum atomic E-state index is 13.1. The zero-order chi connectivity index (χ0) is 14.9. The Kier molecular flexibility index (Phi) is 4.34. The molecule has 20 heavy (non-hydrogen) atoms. The minimum Gasteiger partial charge on any atom is -0.398 e. The van der Waals surface area contributed by atoms with Crippen molar-refractivity contribution in [2.45, 2.75) is 43.5 Å². The lowest BCUT2D eigenvalue weighted by atomic mass is 9.86. The normalized spacial score (nSPS) is 24.0. The van der Waals surface area contributed by atoms with Gasteiger partial charge in [0.15, 0.2) is 0 Å². The maximum Gasteiger partial charge on any atom is 0.245 e. The van der Waals surface area contributed by atoms with Gasteiger partial charge in [-0.3, -0.25) is 0 Å². The van der Waals surface area contributed by atoms with Crippen LogP contribution in [-0.2, 0) is 10.0 Å². The van der Waals surface area contributed by atoms with E-state index in [1.54, 1.807) is 7.05 Å². The molecular weight excluding hydrogens is 279 g/mol. The second-order valence-electron chi connectivity index (χ2n) is 5.53. The van der Waals surface area contributed by atoms with Gasteiger partial charge in [-0.25, -0.2) is 12.8 Å². The zero-order valence-electron chi connectivity index (χ0n) is 11.8. The van der Waals surface area contributed by atoms with E-state index in [1.165, 1.54) is 10.4 Å². The molecule has 1 aromatic rings. The number of sulfonamides is 1. The van der Waals surface area contributed by atoms with Crippen molar-refractivity contribution in [3.05, 3.63) is 24.0 Å². The first-order valence-corrected chi connectivity index (χ1v) is 8.31. The highest BCUT2D eigenvalue weighted by molar-refractivity contribution is 7.89. The number of hydrogen-bond acceptors (Lipinski definition) is 3. The average molecular weight is 300 g/mol. The van der Waals surface area contributed by atoms with Crippen LogP contribution in [0.1, 0.15) is 32.6 Å². The molecule has 0 amide bonds. The molecular formula is C14H21FN2O2S. The Hall–Kier alpha value is -1.14. The lowest BCUT2D eigenvalue weighted by Gasteiger charge is -2.35. The summed E-state index contributed by atoms with van der Waals surface area (Å²) in [5, 5.41) is 0. The van der Waals surface area contributed by atoms with Crippen LogP contribution < -0.4 is 5.73 Å². The molecule has 0 saturated heterocycles. The summed E-state index contributed by atoms with van der Waals surface area (Å²) in [6, 6.07) is 3.40. The van der Waals surface area contributed by atoms with Crippen molar-refractivity contribution in [3.8, 4) is 0 Å². The summed E-state index contributed by atoms with van der Waals surface area (Å²) in [4.78, 5) is -0.0147. The summed E-state index contributed by atoms with van der Waals surface area (Å²) in [6.07, 6.45) is 4.07. The van der Waals surface area contributed by atoms with E-state index >= 15 is 0 Å². The molecule has 0 spiro atoms. The first-order chi connectivity index (χ1) is 9.34. The van der Waals surface area contributed by atoms with Crippen LogP contribution in [0, 0.1) is 11.7 Å². The van der Waals surface area contributed by atoms with Crippen molar-refractivity contribution in [2.75, 3.05) is 12.8 Å². The molecule has 1 saturated carbocycles. The van der Waals surface area contributed by atoms with Crippen molar-refractivity contribution < 1.29 is 12.8 Å². The van der Waals surface area contributed by atoms with Gasteiger partial charge in [-0.1, -0.05) is 19.8 Å². The molecule has 0 radical (unpaired) electrons. The molecule has 2 unspecified atom stereocenters. The number of halogens is 1. The van der Waals surface area contributed by atoms with Gasteiger partial charge in [0.25, 0.3) is 0 Å². The lowest BCUT2D eigenvalue weighted by Crippen LogP contribution is -2.42. The highest BCUT2D eigenvalue weighted by Gasteiger charge is 2.33. The molecule has 2 rings (SSSR count). The Bertz CT molecular complexity index is 589. The molecule has 0 aromatic heterocycles. The number of nitrogen functional groups attached to an aromatic ring is 1. The van der Waals surface area contributed by atoms with E-state index in [0.29, 0.717) is 5.92 Å². The van der Waals surface area contributed by atoms with Crippen LogP contribution in [0.15, 0.2) is 23.1 Å². The van der Waals surface area contributed by atoms with Crippen molar-refractivity contribution >= 4 is 15.7 Å². The van der Waals surface area contributed by atoms with Crippen LogP contribution in [0.25, 0.3) is 0 Å². The summed E-state index contributed by atoms with van der Waals surface area (Å²) in [5.41, 5.74) is 5.62. The smallest absolute Gasteiger partial charge is 0.245 e. The van der Waals surface area contributed by atoms with E-state index in [-0.39, 0.29) is 16.6 Å². The van der Waals surface area contributed by atoms with Gasteiger partial charge in [-0.2, -0.15) is 4.31 Å². The number of rotatable bonds is 3. The highest BCUT2D eigenvalue weighted by atomic mass is 32.2. The van der Waals surface area contributed by atoms with Crippen molar-refractivity contribution in [3.63, 3.8) is 0 Å². The van der Waals surface area contributed by atoms with E-state index in [4.69, 9.17) is 5.73 Å². The molecule has 2 atom stereocenters. The second-order valence-corrected chi connectivity index (χ2v) is 7.50. The van der Waals surface area contributed by atoms with Crippen LogP contribution in [0.3, 0.4) is 0 Å². The Labute approximate surface area is 119 Å². The van der Waals surface area contributed by atoms with Gasteiger partial charge in [-0.05, 0) is 37.0 Å². The number of hydrogen-bond donors (Lipinski definition) is 1. The lowest BCUT2D eigenvalue weighted by molar-refractivity contribution is 0.213. The Morgan fingerprint density at radius 1 is 1.30 bits per heavy atom. The molecule has 0 aliphatic heterocycles. The molecule has 0 heterocycles. The van der Waals surface area contributed by atoms with E-state index in [0.717, 1.165) is 37.8 Å². The van der Waals surface area contributed by atoms with Crippen LogP contribution in [0.5, 0.6) is 0 Å². The topological polar surface area (TPSA) is 63.4 Å². The molecule has 1 aliphatic rings. The molecule has 2 N–H and O–H groups in total. The molecule has 1 fully saturated rings. The second kappa shape index (κ2) is 5.69. The van der Waals surface area contributed by atoms with E-state index in [2.05, 4.69) is 6.92 Å². The molecule has 4 nitrogen and oxygen atoms in total. The fourth-order valence-electron chi connectivity index (χ4n) is 2.92. The van der Waals surface area contributed by atoms with Crippen LogP contribution in [-0.4, -0.2) is 25.8 Å². The fraction of sp³-hybridized carbons (Fsp3) is 0.571. The van der Waals surface area contributed by atoms with Gasteiger partial charge in [0.2, 0.25) is 10.0 Å². The molecule has 1 aromatic carbocycles. The van der Waals surface area contributed by atoms with Gasteiger partial charge < -0.3 is 5.73 Å². The van der Waals surface area contributed by atoms with E-state index in [1.807, 2.05) is 0 Å². The van der Waals surface area contributed by atoms with Gasteiger partial charge >= 0.3 is 0 Å². The van der Waals surface area contributed by atoms with E-state index < -0.39 is 15.8 Å². The summed E-state index contributed by atoms with van der Waals surface area (Å²) in [6.45, 7) is 2.07. The Balaban J connectivity index is 2.33. The number of benzene rings is 1. The van der Waals surface area contributed by atoms with E-state index in [9.17, 15) is 12.8 Å². The minimum atomic E-state index is -3.68. The van der Waals surface area contributed by atoms with Crippen molar-refractivity contribution in [1.29, 1.82) is 0 Å². The predicted octanol–water partition coefficient (Wildman–Crippen LogP) is 2.61. The summed E-state index contributed by atoms with van der Waals surface area (Å²) in [7, 11) is -2.09.